The number of hydrogen-bond donors (Lipinski definition) is 1. The Morgan fingerprint density at radius 3 is 2.61 bits per heavy atom. The lowest BCUT2D eigenvalue weighted by atomic mass is 9.76. The van der Waals surface area contributed by atoms with Gasteiger partial charge in [-0.05, 0) is 59.4 Å². The summed E-state index contributed by atoms with van der Waals surface area (Å²) >= 11 is 3.63. The van der Waals surface area contributed by atoms with Crippen molar-refractivity contribution in [2.24, 2.45) is 5.92 Å². The highest BCUT2D eigenvalue weighted by Gasteiger charge is 2.39. The third kappa shape index (κ3) is 2.94. The van der Waals surface area contributed by atoms with Crippen LogP contribution in [-0.2, 0) is 0 Å². The summed E-state index contributed by atoms with van der Waals surface area (Å²) in [5, 5.41) is 3.82. The van der Waals surface area contributed by atoms with E-state index in [0.717, 1.165) is 16.6 Å². The summed E-state index contributed by atoms with van der Waals surface area (Å²) < 4.78 is 6.77. The van der Waals surface area contributed by atoms with Gasteiger partial charge in [-0.2, -0.15) is 0 Å². The maximum Gasteiger partial charge on any atom is 0.124 e. The third-order valence-electron chi connectivity index (χ3n) is 6.00. The second-order valence-corrected chi connectivity index (χ2v) is 8.45. The van der Waals surface area contributed by atoms with Gasteiger partial charge in [-0.3, -0.25) is 0 Å². The molecule has 140 valence electrons. The van der Waals surface area contributed by atoms with E-state index in [-0.39, 0.29) is 6.04 Å². The molecule has 3 aromatic carbocycles. The highest BCUT2D eigenvalue weighted by atomic mass is 79.9. The molecule has 1 aliphatic heterocycles. The van der Waals surface area contributed by atoms with Crippen molar-refractivity contribution in [3.63, 3.8) is 0 Å². The van der Waals surface area contributed by atoms with Crippen LogP contribution in [-0.4, -0.2) is 7.11 Å². The number of anilines is 1. The van der Waals surface area contributed by atoms with Crippen molar-refractivity contribution in [3.05, 3.63) is 94.5 Å². The number of hydrogen-bond acceptors (Lipinski definition) is 2. The summed E-state index contributed by atoms with van der Waals surface area (Å²) in [7, 11) is 1.75. The van der Waals surface area contributed by atoms with Crippen LogP contribution in [0, 0.1) is 5.92 Å². The molecule has 0 saturated heterocycles. The zero-order chi connectivity index (χ0) is 19.1. The molecule has 1 N–H and O–H groups in total. The Hall–Kier alpha value is -2.52. The number of fused-ring (bicyclic) bond motifs is 3. The quantitative estimate of drug-likeness (QED) is 0.452. The topological polar surface area (TPSA) is 21.3 Å². The number of halogens is 1. The van der Waals surface area contributed by atoms with Gasteiger partial charge in [-0.15, -0.1) is 0 Å². The summed E-state index contributed by atoms with van der Waals surface area (Å²) in [6, 6.07) is 23.9. The van der Waals surface area contributed by atoms with Crippen LogP contribution in [0.1, 0.15) is 29.5 Å². The smallest absolute Gasteiger partial charge is 0.124 e. The molecule has 1 heterocycles. The number of ether oxygens (including phenoxy) is 1. The fraction of sp³-hybridized carbons (Fsp3) is 0.200. The highest BCUT2D eigenvalue weighted by molar-refractivity contribution is 9.10. The molecule has 28 heavy (non-hydrogen) atoms. The molecule has 3 atom stereocenters. The molecule has 0 unspecified atom stereocenters. The fourth-order valence-electron chi connectivity index (χ4n) is 4.66. The molecule has 0 aromatic heterocycles. The van der Waals surface area contributed by atoms with E-state index < -0.39 is 0 Å². The van der Waals surface area contributed by atoms with Crippen LogP contribution in [0.15, 0.2) is 83.4 Å². The second kappa shape index (κ2) is 7.14. The maximum atomic E-state index is 5.69. The van der Waals surface area contributed by atoms with Crippen molar-refractivity contribution >= 4 is 21.6 Å². The van der Waals surface area contributed by atoms with E-state index in [1.165, 1.54) is 27.9 Å². The molecule has 0 radical (unpaired) electrons. The summed E-state index contributed by atoms with van der Waals surface area (Å²) in [4.78, 5) is 0. The Labute approximate surface area is 174 Å². The number of rotatable bonds is 3. The zero-order valence-corrected chi connectivity index (χ0v) is 17.3. The Bertz CT molecular complexity index is 1040. The molecule has 1 aliphatic carbocycles. The van der Waals surface area contributed by atoms with Gasteiger partial charge in [0.05, 0.1) is 13.2 Å². The van der Waals surface area contributed by atoms with E-state index in [2.05, 4.69) is 88.0 Å². The average Bonchev–Trinajstić information content (AvgIpc) is 3.24. The van der Waals surface area contributed by atoms with Gasteiger partial charge in [-0.25, -0.2) is 0 Å². The Morgan fingerprint density at radius 2 is 1.79 bits per heavy atom. The standard InChI is InChI=1S/C25H22BrNO/c1-28-24-13-11-18(26)15-22(24)25-20-9-5-8-19(20)21-14-17(10-12-23(21)27-25)16-6-3-2-4-7-16/h2-8,10-15,19-20,25,27H,9H2,1H3/t19-,20+,25-/m1/s1. The first-order valence-electron chi connectivity index (χ1n) is 9.70. The molecule has 5 rings (SSSR count). The molecule has 0 saturated carbocycles. The van der Waals surface area contributed by atoms with Gasteiger partial charge in [-0.1, -0.05) is 64.5 Å². The molecular weight excluding hydrogens is 410 g/mol. The van der Waals surface area contributed by atoms with Crippen molar-refractivity contribution in [2.75, 3.05) is 12.4 Å². The first-order valence-corrected chi connectivity index (χ1v) is 10.5. The van der Waals surface area contributed by atoms with Crippen molar-refractivity contribution < 1.29 is 4.74 Å². The van der Waals surface area contributed by atoms with E-state index in [0.29, 0.717) is 11.8 Å². The lowest BCUT2D eigenvalue weighted by Crippen LogP contribution is -2.29. The monoisotopic (exact) mass is 431 g/mol. The first kappa shape index (κ1) is 17.6. The van der Waals surface area contributed by atoms with Gasteiger partial charge >= 0.3 is 0 Å². The van der Waals surface area contributed by atoms with Crippen LogP contribution in [0.25, 0.3) is 11.1 Å². The number of methoxy groups -OCH3 is 1. The van der Waals surface area contributed by atoms with Gasteiger partial charge in [0.2, 0.25) is 0 Å². The lowest BCUT2D eigenvalue weighted by molar-refractivity contribution is 0.381. The van der Waals surface area contributed by atoms with Crippen molar-refractivity contribution in [1.82, 2.24) is 0 Å². The molecule has 0 bridgehead atoms. The average molecular weight is 432 g/mol. The van der Waals surface area contributed by atoms with E-state index in [1.54, 1.807) is 7.11 Å². The maximum absolute atomic E-state index is 5.69. The van der Waals surface area contributed by atoms with Crippen LogP contribution >= 0.6 is 15.9 Å². The number of allylic oxidation sites excluding steroid dienone is 2. The lowest BCUT2D eigenvalue weighted by Gasteiger charge is -2.38. The largest absolute Gasteiger partial charge is 0.496 e. The summed E-state index contributed by atoms with van der Waals surface area (Å²) in [6.07, 6.45) is 5.79. The van der Waals surface area contributed by atoms with Crippen LogP contribution in [0.5, 0.6) is 5.75 Å². The summed E-state index contributed by atoms with van der Waals surface area (Å²) in [6.45, 7) is 0. The van der Waals surface area contributed by atoms with E-state index in [1.807, 2.05) is 12.1 Å². The summed E-state index contributed by atoms with van der Waals surface area (Å²) in [5.74, 6) is 1.85. The molecular formula is C25H22BrNO. The SMILES string of the molecule is COc1ccc(Br)cc1[C@@H]1Nc2ccc(-c3ccccc3)cc2[C@@H]2C=CC[C@@H]21. The molecule has 3 heteroatoms. The van der Waals surface area contributed by atoms with Gasteiger partial charge in [0, 0.05) is 21.6 Å². The fourth-order valence-corrected chi connectivity index (χ4v) is 5.04. The summed E-state index contributed by atoms with van der Waals surface area (Å²) in [5.41, 5.74) is 6.37. The molecule has 3 aromatic rings. The van der Waals surface area contributed by atoms with E-state index >= 15 is 0 Å². The van der Waals surface area contributed by atoms with Crippen molar-refractivity contribution in [3.8, 4) is 16.9 Å². The van der Waals surface area contributed by atoms with Gasteiger partial charge < -0.3 is 10.1 Å². The molecule has 0 fully saturated rings. The Kier molecular flexibility index (Phi) is 4.48. The van der Waals surface area contributed by atoms with Crippen molar-refractivity contribution in [1.29, 1.82) is 0 Å². The van der Waals surface area contributed by atoms with Gasteiger partial charge in [0.25, 0.3) is 0 Å². The predicted octanol–water partition coefficient (Wildman–Crippen LogP) is 6.95. The Balaban J connectivity index is 1.59. The number of nitrogens with one attached hydrogen (secondary N) is 1. The minimum atomic E-state index is 0.225. The minimum Gasteiger partial charge on any atom is -0.496 e. The van der Waals surface area contributed by atoms with Gasteiger partial charge in [0.1, 0.15) is 5.75 Å². The first-order chi connectivity index (χ1) is 13.7. The van der Waals surface area contributed by atoms with Crippen LogP contribution in [0.3, 0.4) is 0 Å². The molecule has 0 amide bonds. The number of benzene rings is 3. The van der Waals surface area contributed by atoms with Crippen LogP contribution in [0.4, 0.5) is 5.69 Å². The van der Waals surface area contributed by atoms with E-state index in [4.69, 9.17) is 4.74 Å². The van der Waals surface area contributed by atoms with Crippen LogP contribution < -0.4 is 10.1 Å². The predicted molar refractivity (Wildman–Crippen MR) is 119 cm³/mol. The third-order valence-corrected chi connectivity index (χ3v) is 6.49. The molecule has 2 aliphatic rings. The zero-order valence-electron chi connectivity index (χ0n) is 15.7. The Morgan fingerprint density at radius 1 is 0.929 bits per heavy atom. The second-order valence-electron chi connectivity index (χ2n) is 7.53. The van der Waals surface area contributed by atoms with Crippen molar-refractivity contribution in [2.45, 2.75) is 18.4 Å². The van der Waals surface area contributed by atoms with Crippen LogP contribution in [0.2, 0.25) is 0 Å². The molecule has 2 nitrogen and oxygen atoms in total. The van der Waals surface area contributed by atoms with Gasteiger partial charge in [0.15, 0.2) is 0 Å². The normalized spacial score (nSPS) is 22.3. The minimum absolute atomic E-state index is 0.225. The highest BCUT2D eigenvalue weighted by Crippen LogP contribution is 2.52. The molecule has 0 spiro atoms. The van der Waals surface area contributed by atoms with E-state index in [9.17, 15) is 0 Å².